The first-order chi connectivity index (χ1) is 15.0. The SMILES string of the molecule is Cc1cc(C)c2nc(NC(=O)COC(=O)c3c4c(nc5ccccc35)CCC4)sc2c1. The van der Waals surface area contributed by atoms with Gasteiger partial charge in [-0.3, -0.25) is 15.1 Å². The summed E-state index contributed by atoms with van der Waals surface area (Å²) in [5.74, 6) is -0.889. The van der Waals surface area contributed by atoms with Crippen molar-refractivity contribution in [2.45, 2.75) is 33.1 Å². The Bertz CT molecular complexity index is 1360. The molecular formula is C24H21N3O3S. The number of nitrogens with zero attached hydrogens (tertiary/aromatic N) is 2. The van der Waals surface area contributed by atoms with E-state index in [4.69, 9.17) is 4.74 Å². The Morgan fingerprint density at radius 2 is 1.97 bits per heavy atom. The van der Waals surface area contributed by atoms with Gasteiger partial charge < -0.3 is 4.74 Å². The molecular weight excluding hydrogens is 410 g/mol. The van der Waals surface area contributed by atoms with E-state index in [9.17, 15) is 9.59 Å². The van der Waals surface area contributed by atoms with Crippen LogP contribution in [-0.4, -0.2) is 28.5 Å². The minimum Gasteiger partial charge on any atom is -0.452 e. The first kappa shape index (κ1) is 19.6. The lowest BCUT2D eigenvalue weighted by molar-refractivity contribution is -0.119. The van der Waals surface area contributed by atoms with Crippen LogP contribution in [0, 0.1) is 13.8 Å². The third-order valence-corrected chi connectivity index (χ3v) is 6.45. The van der Waals surface area contributed by atoms with Gasteiger partial charge in [0.1, 0.15) is 0 Å². The number of esters is 1. The number of carbonyl (C=O) groups excluding carboxylic acids is 2. The Balaban J connectivity index is 1.33. The van der Waals surface area contributed by atoms with Crippen molar-refractivity contribution in [1.82, 2.24) is 9.97 Å². The van der Waals surface area contributed by atoms with Crippen molar-refractivity contribution in [3.63, 3.8) is 0 Å². The van der Waals surface area contributed by atoms with Gasteiger partial charge in [-0.1, -0.05) is 35.6 Å². The van der Waals surface area contributed by atoms with E-state index in [0.29, 0.717) is 10.7 Å². The van der Waals surface area contributed by atoms with Gasteiger partial charge in [0.2, 0.25) is 0 Å². The number of aryl methyl sites for hydroxylation is 3. The predicted molar refractivity (Wildman–Crippen MR) is 122 cm³/mol. The standard InChI is InChI=1S/C24H21N3O3S/c1-13-10-14(2)22-19(11-13)31-24(27-22)26-20(28)12-30-23(29)21-15-6-3-4-8-17(15)25-18-9-5-7-16(18)21/h3-4,6,8,10-11H,5,7,9,12H2,1-2H3,(H,26,27,28). The molecule has 0 bridgehead atoms. The number of thiazole rings is 1. The smallest absolute Gasteiger partial charge is 0.339 e. The number of pyridine rings is 1. The highest BCUT2D eigenvalue weighted by atomic mass is 32.1. The molecule has 31 heavy (non-hydrogen) atoms. The Labute approximate surface area is 183 Å². The van der Waals surface area contributed by atoms with Crippen molar-refractivity contribution >= 4 is 49.5 Å². The van der Waals surface area contributed by atoms with Gasteiger partial charge in [0.05, 0.1) is 21.3 Å². The number of rotatable bonds is 4. The number of aromatic nitrogens is 2. The van der Waals surface area contributed by atoms with Crippen molar-refractivity contribution in [3.05, 3.63) is 64.3 Å². The fraction of sp³-hybridized carbons (Fsp3) is 0.250. The number of nitrogens with one attached hydrogen (secondary N) is 1. The molecule has 6 nitrogen and oxygen atoms in total. The Hall–Kier alpha value is -3.32. The number of hydrogen-bond acceptors (Lipinski definition) is 6. The first-order valence-electron chi connectivity index (χ1n) is 10.2. The summed E-state index contributed by atoms with van der Waals surface area (Å²) in [6.07, 6.45) is 2.63. The van der Waals surface area contributed by atoms with Crippen LogP contribution in [-0.2, 0) is 22.4 Å². The summed E-state index contributed by atoms with van der Waals surface area (Å²) < 4.78 is 6.43. The zero-order valence-corrected chi connectivity index (χ0v) is 18.1. The summed E-state index contributed by atoms with van der Waals surface area (Å²) in [7, 11) is 0. The van der Waals surface area contributed by atoms with Crippen molar-refractivity contribution in [3.8, 4) is 0 Å². The molecule has 7 heteroatoms. The lowest BCUT2D eigenvalue weighted by Crippen LogP contribution is -2.21. The fourth-order valence-corrected chi connectivity index (χ4v) is 5.29. The van der Waals surface area contributed by atoms with Gasteiger partial charge in [-0.15, -0.1) is 0 Å². The van der Waals surface area contributed by atoms with Crippen LogP contribution in [0.25, 0.3) is 21.1 Å². The molecule has 1 aliphatic rings. The summed E-state index contributed by atoms with van der Waals surface area (Å²) in [6.45, 7) is 3.67. The van der Waals surface area contributed by atoms with Crippen molar-refractivity contribution in [2.75, 3.05) is 11.9 Å². The van der Waals surface area contributed by atoms with Crippen molar-refractivity contribution in [2.24, 2.45) is 0 Å². The molecule has 4 aromatic rings. The highest BCUT2D eigenvalue weighted by Gasteiger charge is 2.25. The minimum atomic E-state index is -0.484. The van der Waals surface area contributed by atoms with E-state index in [1.54, 1.807) is 0 Å². The predicted octanol–water partition coefficient (Wildman–Crippen LogP) is 4.75. The van der Waals surface area contributed by atoms with Crippen LogP contribution in [0.1, 0.15) is 39.2 Å². The molecule has 156 valence electrons. The maximum absolute atomic E-state index is 13.0. The second-order valence-corrected chi connectivity index (χ2v) is 8.89. The number of ether oxygens (including phenoxy) is 1. The number of anilines is 1. The quantitative estimate of drug-likeness (QED) is 0.472. The highest BCUT2D eigenvalue weighted by molar-refractivity contribution is 7.22. The van der Waals surface area contributed by atoms with Gasteiger partial charge in [0.25, 0.3) is 5.91 Å². The van der Waals surface area contributed by atoms with Crippen LogP contribution in [0.5, 0.6) is 0 Å². The summed E-state index contributed by atoms with van der Waals surface area (Å²) >= 11 is 1.41. The average molecular weight is 432 g/mol. The maximum atomic E-state index is 13.0. The van der Waals surface area contributed by atoms with E-state index >= 15 is 0 Å². The van der Waals surface area contributed by atoms with Gasteiger partial charge in [-0.05, 0) is 61.9 Å². The van der Waals surface area contributed by atoms with E-state index in [0.717, 1.165) is 62.8 Å². The monoisotopic (exact) mass is 431 g/mol. The van der Waals surface area contributed by atoms with E-state index in [2.05, 4.69) is 21.4 Å². The first-order valence-corrected chi connectivity index (χ1v) is 11.1. The molecule has 0 atom stereocenters. The second-order valence-electron chi connectivity index (χ2n) is 7.85. The Morgan fingerprint density at radius 3 is 2.84 bits per heavy atom. The van der Waals surface area contributed by atoms with Gasteiger partial charge in [0.15, 0.2) is 11.7 Å². The normalized spacial score (nSPS) is 12.8. The third-order valence-electron chi connectivity index (χ3n) is 5.53. The number of benzene rings is 2. The number of para-hydroxylation sites is 1. The Morgan fingerprint density at radius 1 is 1.13 bits per heavy atom. The number of hydrogen-bond donors (Lipinski definition) is 1. The van der Waals surface area contributed by atoms with Crippen LogP contribution >= 0.6 is 11.3 Å². The van der Waals surface area contributed by atoms with Crippen molar-refractivity contribution < 1.29 is 14.3 Å². The van der Waals surface area contributed by atoms with Crippen LogP contribution in [0.2, 0.25) is 0 Å². The molecule has 1 aliphatic carbocycles. The van der Waals surface area contributed by atoms with Gasteiger partial charge >= 0.3 is 5.97 Å². The maximum Gasteiger partial charge on any atom is 0.339 e. The molecule has 2 aromatic carbocycles. The molecule has 0 radical (unpaired) electrons. The Kier molecular flexibility index (Phi) is 4.90. The second kappa shape index (κ2) is 7.74. The zero-order valence-electron chi connectivity index (χ0n) is 17.3. The van der Waals surface area contributed by atoms with Crippen LogP contribution in [0.3, 0.4) is 0 Å². The van der Waals surface area contributed by atoms with Crippen LogP contribution < -0.4 is 5.32 Å². The third kappa shape index (κ3) is 3.65. The molecule has 2 heterocycles. The molecule has 0 fully saturated rings. The largest absolute Gasteiger partial charge is 0.452 e. The van der Waals surface area contributed by atoms with Crippen LogP contribution in [0.15, 0.2) is 36.4 Å². The number of amides is 1. The van der Waals surface area contributed by atoms with Gasteiger partial charge in [0, 0.05) is 11.1 Å². The summed E-state index contributed by atoms with van der Waals surface area (Å²) in [6, 6.07) is 11.7. The van der Waals surface area contributed by atoms with E-state index < -0.39 is 11.9 Å². The molecule has 5 rings (SSSR count). The van der Waals surface area contributed by atoms with E-state index in [1.807, 2.05) is 44.2 Å². The molecule has 2 aromatic heterocycles. The lowest BCUT2D eigenvalue weighted by atomic mass is 10.0. The molecule has 0 aliphatic heterocycles. The summed E-state index contributed by atoms with van der Waals surface area (Å²) in [4.78, 5) is 34.6. The van der Waals surface area contributed by atoms with Crippen molar-refractivity contribution in [1.29, 1.82) is 0 Å². The fourth-order valence-electron chi connectivity index (χ4n) is 4.23. The van der Waals surface area contributed by atoms with Crippen LogP contribution in [0.4, 0.5) is 5.13 Å². The zero-order chi connectivity index (χ0) is 21.5. The molecule has 0 saturated heterocycles. The molecule has 0 unspecified atom stereocenters. The summed E-state index contributed by atoms with van der Waals surface area (Å²) in [5, 5.41) is 4.02. The number of fused-ring (bicyclic) bond motifs is 3. The number of carbonyl (C=O) groups is 2. The van der Waals surface area contributed by atoms with E-state index in [1.165, 1.54) is 11.3 Å². The van der Waals surface area contributed by atoms with Gasteiger partial charge in [-0.25, -0.2) is 9.78 Å². The molecule has 1 N–H and O–H groups in total. The lowest BCUT2D eigenvalue weighted by Gasteiger charge is -2.12. The van der Waals surface area contributed by atoms with E-state index in [-0.39, 0.29) is 6.61 Å². The molecule has 1 amide bonds. The average Bonchev–Trinajstić information content (AvgIpc) is 3.36. The molecule has 0 saturated carbocycles. The highest BCUT2D eigenvalue weighted by Crippen LogP contribution is 2.31. The molecule has 0 spiro atoms. The van der Waals surface area contributed by atoms with Gasteiger partial charge in [-0.2, -0.15) is 0 Å². The topological polar surface area (TPSA) is 81.2 Å². The summed E-state index contributed by atoms with van der Waals surface area (Å²) in [5.41, 5.74) is 6.31. The minimum absolute atomic E-state index is 0.363.